The van der Waals surface area contributed by atoms with E-state index in [1.165, 1.54) is 0 Å². The Kier molecular flexibility index (Phi) is 5.60. The molecule has 0 radical (unpaired) electrons. The Labute approximate surface area is 113 Å². The second-order valence-electron chi connectivity index (χ2n) is 5.43. The minimum absolute atomic E-state index is 0.218. The van der Waals surface area contributed by atoms with Crippen molar-refractivity contribution in [3.05, 3.63) is 0 Å². The van der Waals surface area contributed by atoms with Crippen LogP contribution in [0.1, 0.15) is 33.6 Å². The van der Waals surface area contributed by atoms with Crippen molar-refractivity contribution in [2.75, 3.05) is 13.1 Å². The van der Waals surface area contributed by atoms with Crippen LogP contribution in [0.25, 0.3) is 0 Å². The first-order valence-corrected chi connectivity index (χ1v) is 6.79. The molecule has 1 saturated heterocycles. The molecule has 0 aromatic rings. The second-order valence-corrected chi connectivity index (χ2v) is 5.43. The van der Waals surface area contributed by atoms with Gasteiger partial charge >= 0.3 is 12.0 Å². The predicted octanol–water partition coefficient (Wildman–Crippen LogP) is 0.898. The van der Waals surface area contributed by atoms with Gasteiger partial charge in [0.05, 0.1) is 12.0 Å². The van der Waals surface area contributed by atoms with Gasteiger partial charge in [-0.1, -0.05) is 0 Å². The average Bonchev–Trinajstić information content (AvgIpc) is 2.37. The molecule has 0 aromatic carbocycles. The molecule has 6 nitrogen and oxygen atoms in total. The van der Waals surface area contributed by atoms with E-state index < -0.39 is 17.9 Å². The highest BCUT2D eigenvalue weighted by atomic mass is 16.4. The third-order valence-electron chi connectivity index (χ3n) is 4.00. The molecule has 0 bridgehead atoms. The first kappa shape index (κ1) is 15.8. The van der Waals surface area contributed by atoms with Crippen molar-refractivity contribution in [1.29, 1.82) is 0 Å². The largest absolute Gasteiger partial charge is 0.481 e. The van der Waals surface area contributed by atoms with Crippen molar-refractivity contribution in [3.63, 3.8) is 0 Å². The van der Waals surface area contributed by atoms with E-state index >= 15 is 0 Å². The van der Waals surface area contributed by atoms with Crippen LogP contribution in [0.3, 0.4) is 0 Å². The Balaban J connectivity index is 2.41. The van der Waals surface area contributed by atoms with E-state index in [0.717, 1.165) is 12.8 Å². The van der Waals surface area contributed by atoms with Crippen molar-refractivity contribution in [1.82, 2.24) is 10.2 Å². The number of aliphatic hydroxyl groups excluding tert-OH is 1. The summed E-state index contributed by atoms with van der Waals surface area (Å²) >= 11 is 0. The summed E-state index contributed by atoms with van der Waals surface area (Å²) in [4.78, 5) is 24.5. The molecule has 0 aliphatic carbocycles. The number of aliphatic hydroxyl groups is 1. The zero-order valence-corrected chi connectivity index (χ0v) is 11.8. The summed E-state index contributed by atoms with van der Waals surface area (Å²) in [6, 6.07) is -0.621. The standard InChI is InChI=1S/C13H24N2O4/c1-8(12(17)18)9(2)14-13(19)15-6-4-11(5-7-15)10(3)16/h8-11,16H,4-7H2,1-3H3,(H,14,19)(H,17,18). The highest BCUT2D eigenvalue weighted by Crippen LogP contribution is 2.20. The summed E-state index contributed by atoms with van der Waals surface area (Å²) < 4.78 is 0. The first-order chi connectivity index (χ1) is 8.82. The van der Waals surface area contributed by atoms with Crippen LogP contribution in [0.2, 0.25) is 0 Å². The maximum Gasteiger partial charge on any atom is 0.317 e. The minimum atomic E-state index is -0.916. The predicted molar refractivity (Wildman–Crippen MR) is 70.8 cm³/mol. The normalized spacial score (nSPS) is 21.6. The van der Waals surface area contributed by atoms with Crippen LogP contribution in [-0.2, 0) is 4.79 Å². The maximum atomic E-state index is 12.0. The van der Waals surface area contributed by atoms with Crippen molar-refractivity contribution < 1.29 is 19.8 Å². The molecule has 19 heavy (non-hydrogen) atoms. The number of rotatable bonds is 4. The van der Waals surface area contributed by atoms with E-state index in [4.69, 9.17) is 5.11 Å². The molecule has 110 valence electrons. The van der Waals surface area contributed by atoms with Gasteiger partial charge in [-0.05, 0) is 39.5 Å². The van der Waals surface area contributed by atoms with Crippen LogP contribution < -0.4 is 5.32 Å². The van der Waals surface area contributed by atoms with Crippen LogP contribution >= 0.6 is 0 Å². The smallest absolute Gasteiger partial charge is 0.317 e. The lowest BCUT2D eigenvalue weighted by atomic mass is 9.92. The lowest BCUT2D eigenvalue weighted by Crippen LogP contribution is -2.50. The van der Waals surface area contributed by atoms with Gasteiger partial charge in [0, 0.05) is 19.1 Å². The number of nitrogens with one attached hydrogen (secondary N) is 1. The summed E-state index contributed by atoms with van der Waals surface area (Å²) in [6.45, 7) is 6.26. The van der Waals surface area contributed by atoms with Crippen molar-refractivity contribution in [3.8, 4) is 0 Å². The number of carbonyl (C=O) groups is 2. The Morgan fingerprint density at radius 3 is 2.16 bits per heavy atom. The molecule has 1 aliphatic rings. The van der Waals surface area contributed by atoms with Crippen LogP contribution in [0.15, 0.2) is 0 Å². The number of aliphatic carboxylic acids is 1. The van der Waals surface area contributed by atoms with Crippen LogP contribution in [-0.4, -0.2) is 52.3 Å². The summed E-state index contributed by atoms with van der Waals surface area (Å²) in [5.74, 6) is -1.28. The molecular formula is C13H24N2O4. The van der Waals surface area contributed by atoms with E-state index in [1.807, 2.05) is 0 Å². The number of carboxylic acids is 1. The molecule has 0 saturated carbocycles. The monoisotopic (exact) mass is 272 g/mol. The minimum Gasteiger partial charge on any atom is -0.481 e. The summed E-state index contributed by atoms with van der Waals surface area (Å²) in [6.07, 6.45) is 1.23. The summed E-state index contributed by atoms with van der Waals surface area (Å²) in [5.41, 5.74) is 0. The number of hydrogen-bond acceptors (Lipinski definition) is 3. The average molecular weight is 272 g/mol. The lowest BCUT2D eigenvalue weighted by molar-refractivity contribution is -0.141. The zero-order valence-electron chi connectivity index (χ0n) is 11.8. The molecule has 3 unspecified atom stereocenters. The molecule has 6 heteroatoms. The molecule has 0 aromatic heterocycles. The first-order valence-electron chi connectivity index (χ1n) is 6.79. The van der Waals surface area contributed by atoms with Crippen LogP contribution in [0, 0.1) is 11.8 Å². The number of piperidine rings is 1. The third kappa shape index (κ3) is 4.38. The molecule has 2 amide bonds. The van der Waals surface area contributed by atoms with Gasteiger partial charge in [0.25, 0.3) is 0 Å². The van der Waals surface area contributed by atoms with Gasteiger partial charge in [0.2, 0.25) is 0 Å². The number of nitrogens with zero attached hydrogens (tertiary/aromatic N) is 1. The number of carboxylic acid groups (broad SMARTS) is 1. The molecule has 0 spiro atoms. The Bertz CT molecular complexity index is 325. The third-order valence-corrected chi connectivity index (χ3v) is 4.00. The topological polar surface area (TPSA) is 89.9 Å². The SMILES string of the molecule is CC(O)C1CCN(C(=O)NC(C)C(C)C(=O)O)CC1. The molecule has 1 rings (SSSR count). The Morgan fingerprint density at radius 2 is 1.74 bits per heavy atom. The molecule has 1 fully saturated rings. The number of likely N-dealkylation sites (tertiary alicyclic amines) is 1. The molecular weight excluding hydrogens is 248 g/mol. The van der Waals surface area contributed by atoms with Crippen LogP contribution in [0.5, 0.6) is 0 Å². The Hall–Kier alpha value is -1.30. The van der Waals surface area contributed by atoms with Crippen molar-refractivity contribution in [2.24, 2.45) is 11.8 Å². The fraction of sp³-hybridized carbons (Fsp3) is 0.846. The lowest BCUT2D eigenvalue weighted by Gasteiger charge is -2.34. The summed E-state index contributed by atoms with van der Waals surface area (Å²) in [5, 5.41) is 21.1. The van der Waals surface area contributed by atoms with Gasteiger partial charge in [-0.25, -0.2) is 4.79 Å². The Morgan fingerprint density at radius 1 is 1.21 bits per heavy atom. The van der Waals surface area contributed by atoms with Gasteiger partial charge in [0.15, 0.2) is 0 Å². The highest BCUT2D eigenvalue weighted by Gasteiger charge is 2.27. The van der Waals surface area contributed by atoms with Gasteiger partial charge < -0.3 is 20.4 Å². The van der Waals surface area contributed by atoms with E-state index in [9.17, 15) is 14.7 Å². The zero-order chi connectivity index (χ0) is 14.6. The van der Waals surface area contributed by atoms with E-state index in [0.29, 0.717) is 13.1 Å². The quantitative estimate of drug-likeness (QED) is 0.709. The number of urea groups is 1. The van der Waals surface area contributed by atoms with Gasteiger partial charge in [0.1, 0.15) is 0 Å². The molecule has 3 atom stereocenters. The van der Waals surface area contributed by atoms with Crippen LogP contribution in [0.4, 0.5) is 4.79 Å². The van der Waals surface area contributed by atoms with E-state index in [1.54, 1.807) is 25.7 Å². The molecule has 3 N–H and O–H groups in total. The van der Waals surface area contributed by atoms with Crippen molar-refractivity contribution in [2.45, 2.75) is 45.8 Å². The fourth-order valence-corrected chi connectivity index (χ4v) is 2.21. The maximum absolute atomic E-state index is 12.0. The number of carbonyl (C=O) groups excluding carboxylic acids is 1. The number of amides is 2. The van der Waals surface area contributed by atoms with Crippen molar-refractivity contribution >= 4 is 12.0 Å². The molecule has 1 heterocycles. The highest BCUT2D eigenvalue weighted by molar-refractivity contribution is 5.76. The van der Waals surface area contributed by atoms with Gasteiger partial charge in [-0.3, -0.25) is 4.79 Å². The van der Waals surface area contributed by atoms with Gasteiger partial charge in [-0.2, -0.15) is 0 Å². The van der Waals surface area contributed by atoms with E-state index in [-0.39, 0.29) is 18.1 Å². The summed E-state index contributed by atoms with van der Waals surface area (Å²) in [7, 11) is 0. The van der Waals surface area contributed by atoms with Gasteiger partial charge in [-0.15, -0.1) is 0 Å². The number of hydrogen-bond donors (Lipinski definition) is 3. The molecule has 1 aliphatic heterocycles. The fourth-order valence-electron chi connectivity index (χ4n) is 2.21. The van der Waals surface area contributed by atoms with E-state index in [2.05, 4.69) is 5.32 Å². The second kappa shape index (κ2) is 6.75.